The molecule has 0 amide bonds. The highest BCUT2D eigenvalue weighted by Crippen LogP contribution is 2.22. The first kappa shape index (κ1) is 21.0. The lowest BCUT2D eigenvalue weighted by atomic mass is 10.1. The van der Waals surface area contributed by atoms with Crippen molar-refractivity contribution in [3.05, 3.63) is 104 Å². The van der Waals surface area contributed by atoms with Crippen molar-refractivity contribution in [3.8, 4) is 5.75 Å². The third-order valence-corrected chi connectivity index (χ3v) is 5.88. The molecule has 0 N–H and O–H groups in total. The quantitative estimate of drug-likeness (QED) is 0.197. The topological polar surface area (TPSA) is 65.0 Å². The summed E-state index contributed by atoms with van der Waals surface area (Å²) >= 11 is 2.25. The number of aliphatic imine (C=N–C) groups is 1. The second-order valence-corrected chi connectivity index (χ2v) is 8.29. The maximum absolute atomic E-state index is 12.3. The van der Waals surface area contributed by atoms with Gasteiger partial charge in [0.25, 0.3) is 0 Å². The second kappa shape index (κ2) is 8.85. The van der Waals surface area contributed by atoms with Crippen molar-refractivity contribution >= 4 is 46.5 Å². The lowest BCUT2D eigenvalue weighted by Crippen LogP contribution is -2.08. The molecule has 5 nitrogen and oxygen atoms in total. The van der Waals surface area contributed by atoms with Crippen molar-refractivity contribution in [3.63, 3.8) is 0 Å². The van der Waals surface area contributed by atoms with Gasteiger partial charge in [0.05, 0.1) is 5.56 Å². The van der Waals surface area contributed by atoms with Gasteiger partial charge < -0.3 is 9.47 Å². The van der Waals surface area contributed by atoms with Gasteiger partial charge >= 0.3 is 11.9 Å². The molecular weight excluding hydrogens is 505 g/mol. The molecule has 0 saturated carbocycles. The molecule has 0 spiro atoms. The van der Waals surface area contributed by atoms with E-state index in [1.165, 1.54) is 0 Å². The van der Waals surface area contributed by atoms with E-state index >= 15 is 0 Å². The fourth-order valence-corrected chi connectivity index (χ4v) is 3.37. The van der Waals surface area contributed by atoms with Crippen LogP contribution in [0.1, 0.15) is 32.6 Å². The van der Waals surface area contributed by atoms with Gasteiger partial charge in [0.1, 0.15) is 5.75 Å². The molecule has 0 aromatic heterocycles. The summed E-state index contributed by atoms with van der Waals surface area (Å²) < 4.78 is 11.9. The zero-order chi connectivity index (χ0) is 22.0. The number of halogens is 1. The van der Waals surface area contributed by atoms with Gasteiger partial charge in [-0.25, -0.2) is 14.6 Å². The average Bonchev–Trinajstić information content (AvgIpc) is 3.11. The number of aryl methyl sites for hydroxylation is 2. The summed E-state index contributed by atoms with van der Waals surface area (Å²) in [5, 5.41) is 0. The Balaban J connectivity index is 1.50. The van der Waals surface area contributed by atoms with Crippen molar-refractivity contribution in [1.29, 1.82) is 0 Å². The van der Waals surface area contributed by atoms with Gasteiger partial charge in [-0.2, -0.15) is 0 Å². The summed E-state index contributed by atoms with van der Waals surface area (Å²) in [5.74, 6) is -0.210. The average molecular weight is 523 g/mol. The van der Waals surface area contributed by atoms with E-state index in [1.54, 1.807) is 42.5 Å². The van der Waals surface area contributed by atoms with E-state index < -0.39 is 11.9 Å². The SMILES string of the molecule is Cc1cccc(C(=O)Oc2ccc(/C=C3\N=C(c4ccc(I)c(C)c4)OC3=O)cc2)c1. The molecule has 1 aliphatic heterocycles. The van der Waals surface area contributed by atoms with E-state index in [1.807, 2.05) is 44.2 Å². The van der Waals surface area contributed by atoms with Gasteiger partial charge in [-0.05, 0) is 96.1 Å². The number of carbonyl (C=O) groups is 2. The highest BCUT2D eigenvalue weighted by atomic mass is 127. The third-order valence-electron chi connectivity index (χ3n) is 4.67. The molecule has 0 saturated heterocycles. The van der Waals surface area contributed by atoms with Gasteiger partial charge in [0.15, 0.2) is 5.70 Å². The third kappa shape index (κ3) is 4.91. The fourth-order valence-electron chi connectivity index (χ4n) is 3.04. The molecule has 0 bridgehead atoms. The van der Waals surface area contributed by atoms with E-state index in [0.29, 0.717) is 17.2 Å². The number of hydrogen-bond donors (Lipinski definition) is 0. The minimum absolute atomic E-state index is 0.218. The van der Waals surface area contributed by atoms with Crippen LogP contribution in [0.2, 0.25) is 0 Å². The molecule has 154 valence electrons. The Morgan fingerprint density at radius 2 is 1.81 bits per heavy atom. The Bertz CT molecular complexity index is 1240. The second-order valence-electron chi connectivity index (χ2n) is 7.13. The van der Waals surface area contributed by atoms with E-state index in [-0.39, 0.29) is 5.70 Å². The molecule has 6 heteroatoms. The molecule has 0 unspecified atom stereocenters. The summed E-state index contributed by atoms with van der Waals surface area (Å²) in [7, 11) is 0. The highest BCUT2D eigenvalue weighted by Gasteiger charge is 2.24. The maximum atomic E-state index is 12.3. The van der Waals surface area contributed by atoms with Crippen LogP contribution >= 0.6 is 22.6 Å². The predicted molar refractivity (Wildman–Crippen MR) is 127 cm³/mol. The summed E-state index contributed by atoms with van der Waals surface area (Å²) in [6.07, 6.45) is 1.64. The molecule has 3 aromatic carbocycles. The van der Waals surface area contributed by atoms with Crippen LogP contribution < -0.4 is 4.74 Å². The summed E-state index contributed by atoms with van der Waals surface area (Å²) in [6.45, 7) is 3.91. The molecule has 0 aliphatic carbocycles. The number of benzene rings is 3. The molecule has 3 aromatic rings. The highest BCUT2D eigenvalue weighted by molar-refractivity contribution is 14.1. The molecule has 1 aliphatic rings. The summed E-state index contributed by atoms with van der Waals surface area (Å²) in [5.41, 5.74) is 4.28. The maximum Gasteiger partial charge on any atom is 0.363 e. The molecular formula is C25H18INO4. The van der Waals surface area contributed by atoms with Gasteiger partial charge in [0.2, 0.25) is 5.90 Å². The van der Waals surface area contributed by atoms with Crippen molar-refractivity contribution < 1.29 is 19.1 Å². The summed E-state index contributed by atoms with van der Waals surface area (Å²) in [6, 6.07) is 19.8. The van der Waals surface area contributed by atoms with Crippen molar-refractivity contribution in [1.82, 2.24) is 0 Å². The van der Waals surface area contributed by atoms with Gasteiger partial charge in [-0.3, -0.25) is 0 Å². The molecule has 0 atom stereocenters. The number of rotatable bonds is 4. The number of esters is 2. The minimum atomic E-state index is -0.499. The lowest BCUT2D eigenvalue weighted by Gasteiger charge is -2.05. The smallest absolute Gasteiger partial charge is 0.363 e. The Morgan fingerprint density at radius 1 is 1.03 bits per heavy atom. The van der Waals surface area contributed by atoms with E-state index in [0.717, 1.165) is 25.8 Å². The fraction of sp³-hybridized carbons (Fsp3) is 0.0800. The largest absolute Gasteiger partial charge is 0.423 e. The van der Waals surface area contributed by atoms with E-state index in [2.05, 4.69) is 27.6 Å². The standard InChI is InChI=1S/C25H18INO4/c1-15-4-3-5-19(12-15)24(28)30-20-9-6-17(7-10-20)14-22-25(29)31-23(27-22)18-8-11-21(26)16(2)13-18/h3-14H,1-2H3/b22-14-. The van der Waals surface area contributed by atoms with Gasteiger partial charge in [0, 0.05) is 9.13 Å². The minimum Gasteiger partial charge on any atom is -0.423 e. The zero-order valence-electron chi connectivity index (χ0n) is 16.9. The van der Waals surface area contributed by atoms with Crippen LogP contribution in [0, 0.1) is 17.4 Å². The Hall–Kier alpha value is -3.26. The first-order chi connectivity index (χ1) is 14.9. The molecule has 4 rings (SSSR count). The Morgan fingerprint density at radius 3 is 2.52 bits per heavy atom. The number of nitrogens with zero attached hydrogens (tertiary/aromatic N) is 1. The van der Waals surface area contributed by atoms with Crippen LogP contribution in [-0.2, 0) is 9.53 Å². The first-order valence-corrected chi connectivity index (χ1v) is 10.6. The normalized spacial score (nSPS) is 14.4. The van der Waals surface area contributed by atoms with Gasteiger partial charge in [-0.1, -0.05) is 29.8 Å². The van der Waals surface area contributed by atoms with Crippen LogP contribution in [0.3, 0.4) is 0 Å². The lowest BCUT2D eigenvalue weighted by molar-refractivity contribution is -0.129. The van der Waals surface area contributed by atoms with E-state index in [4.69, 9.17) is 9.47 Å². The monoisotopic (exact) mass is 523 g/mol. The van der Waals surface area contributed by atoms with Crippen molar-refractivity contribution in [2.24, 2.45) is 4.99 Å². The Labute approximate surface area is 193 Å². The van der Waals surface area contributed by atoms with Crippen molar-refractivity contribution in [2.45, 2.75) is 13.8 Å². The summed E-state index contributed by atoms with van der Waals surface area (Å²) in [4.78, 5) is 28.9. The molecule has 1 heterocycles. The van der Waals surface area contributed by atoms with Crippen LogP contribution in [0.25, 0.3) is 6.08 Å². The van der Waals surface area contributed by atoms with Crippen molar-refractivity contribution in [2.75, 3.05) is 0 Å². The molecule has 0 fully saturated rings. The van der Waals surface area contributed by atoms with Crippen LogP contribution in [-0.4, -0.2) is 17.8 Å². The van der Waals surface area contributed by atoms with E-state index in [9.17, 15) is 9.59 Å². The van der Waals surface area contributed by atoms with Gasteiger partial charge in [-0.15, -0.1) is 0 Å². The predicted octanol–water partition coefficient (Wildman–Crippen LogP) is 5.47. The number of hydrogen-bond acceptors (Lipinski definition) is 5. The number of cyclic esters (lactones) is 1. The number of ether oxygens (including phenoxy) is 2. The number of carbonyl (C=O) groups excluding carboxylic acids is 2. The zero-order valence-corrected chi connectivity index (χ0v) is 19.0. The molecule has 31 heavy (non-hydrogen) atoms. The van der Waals surface area contributed by atoms with Crippen LogP contribution in [0.4, 0.5) is 0 Å². The van der Waals surface area contributed by atoms with Crippen LogP contribution in [0.5, 0.6) is 5.75 Å². The Kier molecular flexibility index (Phi) is 5.99. The first-order valence-electron chi connectivity index (χ1n) is 9.57. The molecule has 0 radical (unpaired) electrons. The van der Waals surface area contributed by atoms with Crippen LogP contribution in [0.15, 0.2) is 77.4 Å².